The van der Waals surface area contributed by atoms with Crippen molar-refractivity contribution in [3.8, 4) is 0 Å². The summed E-state index contributed by atoms with van der Waals surface area (Å²) in [6, 6.07) is 5.64. The molecule has 0 heterocycles. The minimum Gasteiger partial charge on any atom is -0.393 e. The highest BCUT2D eigenvalue weighted by molar-refractivity contribution is 8.00. The molecule has 0 saturated heterocycles. The molecule has 1 aromatic rings. The lowest BCUT2D eigenvalue weighted by molar-refractivity contribution is -0.0328. The molecule has 2 rings (SSSR count). The smallest absolute Gasteiger partial charge is 0.393 e. The molecule has 0 spiro atoms. The molecule has 0 aromatic heterocycles. The second-order valence-electron chi connectivity index (χ2n) is 5.01. The lowest BCUT2D eigenvalue weighted by Gasteiger charge is -2.16. The molecule has 0 aliphatic heterocycles. The molecule has 2 unspecified atom stereocenters. The maximum Gasteiger partial charge on any atom is 0.446 e. The maximum atomic E-state index is 12.5. The number of halogens is 3. The van der Waals surface area contributed by atoms with Gasteiger partial charge < -0.3 is 10.4 Å². The van der Waals surface area contributed by atoms with Crippen LogP contribution in [0, 0.1) is 5.92 Å². The van der Waals surface area contributed by atoms with Gasteiger partial charge in [-0.15, -0.1) is 0 Å². The summed E-state index contributed by atoms with van der Waals surface area (Å²) in [5.74, 6) is -0.558. The lowest BCUT2D eigenvalue weighted by atomic mass is 10.1. The third-order valence-electron chi connectivity index (χ3n) is 3.50. The fraction of sp³-hybridized carbons (Fsp3) is 0.500. The van der Waals surface area contributed by atoms with Gasteiger partial charge in [0.2, 0.25) is 0 Å². The molecule has 116 valence electrons. The van der Waals surface area contributed by atoms with E-state index in [0.29, 0.717) is 6.42 Å². The fourth-order valence-electron chi connectivity index (χ4n) is 2.44. The first-order valence-corrected chi connectivity index (χ1v) is 7.49. The Balaban J connectivity index is 2.01. The molecule has 1 aromatic carbocycles. The van der Waals surface area contributed by atoms with Crippen molar-refractivity contribution >= 4 is 17.7 Å². The van der Waals surface area contributed by atoms with E-state index in [1.807, 2.05) is 0 Å². The number of hydrogen-bond donors (Lipinski definition) is 2. The molecular formula is C14H16F3NO2S. The van der Waals surface area contributed by atoms with Gasteiger partial charge in [-0.2, -0.15) is 13.2 Å². The summed E-state index contributed by atoms with van der Waals surface area (Å²) in [4.78, 5) is 11.9. The molecule has 21 heavy (non-hydrogen) atoms. The average molecular weight is 319 g/mol. The molecule has 7 heteroatoms. The first-order valence-electron chi connectivity index (χ1n) is 6.68. The molecule has 1 aliphatic carbocycles. The van der Waals surface area contributed by atoms with Crippen LogP contribution in [0.2, 0.25) is 0 Å². The van der Waals surface area contributed by atoms with E-state index in [2.05, 4.69) is 5.32 Å². The van der Waals surface area contributed by atoms with Gasteiger partial charge in [-0.3, -0.25) is 4.79 Å². The van der Waals surface area contributed by atoms with Gasteiger partial charge in [0.25, 0.3) is 5.91 Å². The van der Waals surface area contributed by atoms with E-state index in [1.165, 1.54) is 24.3 Å². The summed E-state index contributed by atoms with van der Waals surface area (Å²) in [5, 5.41) is 12.3. The number of carbonyl (C=O) groups excluding carboxylic acids is 1. The zero-order valence-corrected chi connectivity index (χ0v) is 12.0. The van der Waals surface area contributed by atoms with Gasteiger partial charge in [0.05, 0.1) is 11.7 Å². The van der Waals surface area contributed by atoms with E-state index in [1.54, 1.807) is 0 Å². The summed E-state index contributed by atoms with van der Waals surface area (Å²) >= 11 is -0.296. The number of alkyl halides is 3. The summed E-state index contributed by atoms with van der Waals surface area (Å²) in [6.07, 6.45) is 1.99. The SMILES string of the molecule is O=C(NCC1CCCC1O)c1ccccc1SC(F)(F)F. The summed E-state index contributed by atoms with van der Waals surface area (Å²) in [7, 11) is 0. The summed E-state index contributed by atoms with van der Waals surface area (Å²) in [5.41, 5.74) is -4.43. The van der Waals surface area contributed by atoms with Crippen molar-refractivity contribution in [1.29, 1.82) is 0 Å². The number of nitrogens with one attached hydrogen (secondary N) is 1. The van der Waals surface area contributed by atoms with Crippen LogP contribution in [0.25, 0.3) is 0 Å². The summed E-state index contributed by atoms with van der Waals surface area (Å²) < 4.78 is 37.4. The highest BCUT2D eigenvalue weighted by Gasteiger charge is 2.31. The average Bonchev–Trinajstić information content (AvgIpc) is 2.80. The van der Waals surface area contributed by atoms with Gasteiger partial charge in [-0.25, -0.2) is 0 Å². The quantitative estimate of drug-likeness (QED) is 0.838. The van der Waals surface area contributed by atoms with Gasteiger partial charge in [-0.1, -0.05) is 18.6 Å². The molecular weight excluding hydrogens is 303 g/mol. The van der Waals surface area contributed by atoms with E-state index < -0.39 is 17.5 Å². The maximum absolute atomic E-state index is 12.5. The Morgan fingerprint density at radius 3 is 2.67 bits per heavy atom. The Morgan fingerprint density at radius 1 is 1.33 bits per heavy atom. The predicted molar refractivity (Wildman–Crippen MR) is 74.0 cm³/mol. The number of benzene rings is 1. The van der Waals surface area contributed by atoms with Crippen molar-refractivity contribution in [1.82, 2.24) is 5.32 Å². The van der Waals surface area contributed by atoms with E-state index >= 15 is 0 Å². The molecule has 2 N–H and O–H groups in total. The zero-order valence-electron chi connectivity index (χ0n) is 11.2. The standard InChI is InChI=1S/C14H16F3NO2S/c15-14(16,17)21-12-7-2-1-5-10(12)13(20)18-8-9-4-3-6-11(9)19/h1-2,5,7,9,11,19H,3-4,6,8H2,(H,18,20). The number of aliphatic hydroxyl groups excluding tert-OH is 1. The van der Waals surface area contributed by atoms with Crippen molar-refractivity contribution in [3.05, 3.63) is 29.8 Å². The van der Waals surface area contributed by atoms with Gasteiger partial charge >= 0.3 is 5.51 Å². The Labute approximate surface area is 124 Å². The number of carbonyl (C=O) groups is 1. The molecule has 1 amide bonds. The van der Waals surface area contributed by atoms with Crippen LogP contribution >= 0.6 is 11.8 Å². The molecule has 1 aliphatic rings. The second kappa shape index (κ2) is 6.70. The van der Waals surface area contributed by atoms with Crippen LogP contribution in [0.5, 0.6) is 0 Å². The number of thioether (sulfide) groups is 1. The van der Waals surface area contributed by atoms with Crippen LogP contribution in [-0.2, 0) is 0 Å². The van der Waals surface area contributed by atoms with Crippen molar-refractivity contribution in [3.63, 3.8) is 0 Å². The van der Waals surface area contributed by atoms with Crippen LogP contribution in [0.15, 0.2) is 29.2 Å². The zero-order chi connectivity index (χ0) is 15.5. The van der Waals surface area contributed by atoms with Gasteiger partial charge in [-0.05, 0) is 36.7 Å². The Bertz CT molecular complexity index is 507. The highest BCUT2D eigenvalue weighted by Crippen LogP contribution is 2.38. The number of amides is 1. The van der Waals surface area contributed by atoms with Crippen molar-refractivity contribution in [2.75, 3.05) is 6.54 Å². The topological polar surface area (TPSA) is 49.3 Å². The first-order chi connectivity index (χ1) is 9.87. The molecule has 1 saturated carbocycles. The number of aliphatic hydroxyl groups is 1. The second-order valence-corrected chi connectivity index (χ2v) is 6.12. The molecule has 1 fully saturated rings. The van der Waals surface area contributed by atoms with Gasteiger partial charge in [0, 0.05) is 17.4 Å². The Kier molecular flexibility index (Phi) is 5.16. The molecule has 0 bridgehead atoms. The van der Waals surface area contributed by atoms with E-state index in [-0.39, 0.29) is 34.7 Å². The third-order valence-corrected chi connectivity index (χ3v) is 4.31. The van der Waals surface area contributed by atoms with Gasteiger partial charge in [0.15, 0.2) is 0 Å². The van der Waals surface area contributed by atoms with Gasteiger partial charge in [0.1, 0.15) is 0 Å². The Hall–Kier alpha value is -1.21. The number of rotatable bonds is 4. The minimum atomic E-state index is -4.43. The van der Waals surface area contributed by atoms with E-state index in [4.69, 9.17) is 0 Å². The minimum absolute atomic E-state index is 0.00677. The van der Waals surface area contributed by atoms with Crippen molar-refractivity contribution in [2.24, 2.45) is 5.92 Å². The van der Waals surface area contributed by atoms with Crippen LogP contribution in [0.3, 0.4) is 0 Å². The summed E-state index contributed by atoms with van der Waals surface area (Å²) in [6.45, 7) is 0.283. The van der Waals surface area contributed by atoms with Crippen molar-refractivity contribution < 1.29 is 23.1 Å². The van der Waals surface area contributed by atoms with Crippen LogP contribution in [-0.4, -0.2) is 29.2 Å². The number of hydrogen-bond acceptors (Lipinski definition) is 3. The molecule has 0 radical (unpaired) electrons. The third kappa shape index (κ3) is 4.64. The van der Waals surface area contributed by atoms with Crippen LogP contribution in [0.4, 0.5) is 13.2 Å². The normalized spacial score (nSPS) is 22.3. The van der Waals surface area contributed by atoms with Crippen LogP contribution in [0.1, 0.15) is 29.6 Å². The van der Waals surface area contributed by atoms with E-state index in [9.17, 15) is 23.1 Å². The largest absolute Gasteiger partial charge is 0.446 e. The van der Waals surface area contributed by atoms with E-state index in [0.717, 1.165) is 12.8 Å². The monoisotopic (exact) mass is 319 g/mol. The first kappa shape index (κ1) is 16.2. The fourth-order valence-corrected chi connectivity index (χ4v) is 3.11. The highest BCUT2D eigenvalue weighted by atomic mass is 32.2. The Morgan fingerprint density at radius 2 is 2.05 bits per heavy atom. The van der Waals surface area contributed by atoms with Crippen molar-refractivity contribution in [2.45, 2.75) is 35.8 Å². The molecule has 3 nitrogen and oxygen atoms in total. The molecule has 2 atom stereocenters. The predicted octanol–water partition coefficient (Wildman–Crippen LogP) is 3.19. The van der Waals surface area contributed by atoms with Crippen LogP contribution < -0.4 is 5.32 Å². The lowest BCUT2D eigenvalue weighted by Crippen LogP contribution is -2.32.